The number of rotatable bonds is 14. The Hall–Kier alpha value is -4.37. The highest BCUT2D eigenvalue weighted by atomic mass is 19.4. The maximum absolute atomic E-state index is 13.5. The number of phenols is 1. The highest BCUT2D eigenvalue weighted by molar-refractivity contribution is 6.07. The molecule has 0 spiro atoms. The maximum Gasteiger partial charge on any atom is 0.490 e. The van der Waals surface area contributed by atoms with Gasteiger partial charge in [-0.2, -0.15) is 13.2 Å². The number of ether oxygens (including phenoxy) is 4. The first kappa shape index (κ1) is 38.8. The lowest BCUT2D eigenvalue weighted by Gasteiger charge is -2.24. The van der Waals surface area contributed by atoms with Gasteiger partial charge >= 0.3 is 12.1 Å². The fourth-order valence-corrected chi connectivity index (χ4v) is 4.45. The van der Waals surface area contributed by atoms with Crippen molar-refractivity contribution < 1.29 is 56.7 Å². The van der Waals surface area contributed by atoms with Gasteiger partial charge in [0.15, 0.2) is 17.3 Å². The molecule has 0 bridgehead atoms. The summed E-state index contributed by atoms with van der Waals surface area (Å²) in [6.45, 7) is 10.2. The van der Waals surface area contributed by atoms with Gasteiger partial charge in [-0.05, 0) is 42.2 Å². The zero-order valence-electron chi connectivity index (χ0n) is 27.3. The van der Waals surface area contributed by atoms with Crippen LogP contribution >= 0.6 is 0 Å². The summed E-state index contributed by atoms with van der Waals surface area (Å²) >= 11 is 0. The number of benzene rings is 2. The Balaban J connectivity index is 0.000000984. The molecule has 0 fully saturated rings. The Bertz CT molecular complexity index is 1440. The van der Waals surface area contributed by atoms with Crippen molar-refractivity contribution >= 4 is 23.5 Å². The number of nitrogens with one attached hydrogen (secondary N) is 2. The Morgan fingerprint density at radius 3 is 2.21 bits per heavy atom. The molecule has 1 aliphatic rings. The number of hydrogen-bond donors (Lipinski definition) is 4. The van der Waals surface area contributed by atoms with Gasteiger partial charge in [-0.1, -0.05) is 20.8 Å². The van der Waals surface area contributed by atoms with E-state index in [1.807, 2.05) is 27.7 Å². The molecule has 12 nitrogen and oxygen atoms in total. The highest BCUT2D eigenvalue weighted by Crippen LogP contribution is 2.39. The zero-order chi connectivity index (χ0) is 35.5. The molecule has 0 radical (unpaired) electrons. The number of hydrogen-bond acceptors (Lipinski definition) is 9. The number of nitrogens with zero attached hydrogens (tertiary/aromatic N) is 1. The van der Waals surface area contributed by atoms with E-state index in [1.165, 1.54) is 0 Å². The molecule has 3 rings (SSSR count). The van der Waals surface area contributed by atoms with Crippen molar-refractivity contribution in [3.05, 3.63) is 52.1 Å². The average Bonchev–Trinajstić information content (AvgIpc) is 3.29. The van der Waals surface area contributed by atoms with Crippen LogP contribution in [-0.2, 0) is 26.2 Å². The zero-order valence-corrected chi connectivity index (χ0v) is 27.3. The molecule has 0 atom stereocenters. The summed E-state index contributed by atoms with van der Waals surface area (Å²) in [6, 6.07) is 6.67. The van der Waals surface area contributed by atoms with Crippen LogP contribution in [0.2, 0.25) is 0 Å². The van der Waals surface area contributed by atoms with Gasteiger partial charge in [0.1, 0.15) is 11.6 Å². The molecule has 260 valence electrons. The van der Waals surface area contributed by atoms with Crippen LogP contribution in [0.5, 0.6) is 17.2 Å². The molecule has 0 saturated carbocycles. The largest absolute Gasteiger partial charge is 0.504 e. The molecule has 4 N–H and O–H groups in total. The lowest BCUT2D eigenvalue weighted by molar-refractivity contribution is -0.192. The number of carbonyl (C=O) groups is 3. The molecule has 1 aliphatic heterocycles. The monoisotopic (exact) mass is 669 g/mol. The van der Waals surface area contributed by atoms with Crippen molar-refractivity contribution in [3.63, 3.8) is 0 Å². The summed E-state index contributed by atoms with van der Waals surface area (Å²) in [5, 5.41) is 29.4. The standard InChI is InChI=1S/C30H41N3O7.C2HF3O2/c1-7-39-25-15-20-17-33(28(31)21(20)16-22(25)29(36)32-5)18-24(34)19-13-23(30(2,3)4)27(35)26(14-19)40-10-8-9-38-12-11-37-6;3-2(4,5)1(6)7/h13-16,31,35H,7-12,17-18H2,1-6H3,(H,32,36);(H,6,7). The van der Waals surface area contributed by atoms with E-state index in [0.717, 1.165) is 5.56 Å². The molecule has 47 heavy (non-hydrogen) atoms. The molecule has 2 aromatic carbocycles. The predicted molar refractivity (Wildman–Crippen MR) is 166 cm³/mol. The number of ketones is 1. The van der Waals surface area contributed by atoms with Crippen LogP contribution in [0.4, 0.5) is 13.2 Å². The fraction of sp³-hybridized carbons (Fsp3) is 0.500. The summed E-state index contributed by atoms with van der Waals surface area (Å²) in [4.78, 5) is 36.5. The lowest BCUT2D eigenvalue weighted by Crippen LogP contribution is -2.30. The Morgan fingerprint density at radius 2 is 1.66 bits per heavy atom. The topological polar surface area (TPSA) is 168 Å². The van der Waals surface area contributed by atoms with Crippen LogP contribution in [0.15, 0.2) is 24.3 Å². The number of carboxylic acids is 1. The van der Waals surface area contributed by atoms with Crippen LogP contribution in [0, 0.1) is 5.41 Å². The van der Waals surface area contributed by atoms with Crippen LogP contribution < -0.4 is 14.8 Å². The van der Waals surface area contributed by atoms with Gasteiger partial charge in [0, 0.05) is 50.4 Å². The number of phenolic OH excluding ortho intramolecular Hbond substituents is 1. The Kier molecular flexibility index (Phi) is 14.0. The van der Waals surface area contributed by atoms with Crippen LogP contribution in [0.3, 0.4) is 0 Å². The third kappa shape index (κ3) is 10.8. The Labute approximate surface area is 271 Å². The number of carboxylic acid groups (broad SMARTS) is 1. The number of aromatic hydroxyl groups is 1. The van der Waals surface area contributed by atoms with Gasteiger partial charge in [-0.25, -0.2) is 4.79 Å². The Morgan fingerprint density at radius 1 is 1.00 bits per heavy atom. The second kappa shape index (κ2) is 17.0. The van der Waals surface area contributed by atoms with Crippen molar-refractivity contribution in [1.82, 2.24) is 10.2 Å². The smallest absolute Gasteiger partial charge is 0.490 e. The molecule has 1 heterocycles. The predicted octanol–water partition coefficient (Wildman–Crippen LogP) is 4.54. The van der Waals surface area contributed by atoms with E-state index in [1.54, 1.807) is 43.3 Å². The van der Waals surface area contributed by atoms with Crippen molar-refractivity contribution in [2.45, 2.75) is 52.3 Å². The van der Waals surface area contributed by atoms with Crippen molar-refractivity contribution in [2.75, 3.05) is 53.7 Å². The molecule has 2 aromatic rings. The SMILES string of the molecule is CCOc1cc2c(cc1C(=O)NC)C(=N)N(CC(=O)c1cc(OCCCOCCOC)c(O)c(C(C)(C)C)c1)C2.O=C(O)C(F)(F)F. The van der Waals surface area contributed by atoms with Crippen LogP contribution in [-0.4, -0.2) is 98.5 Å². The van der Waals surface area contributed by atoms with E-state index in [-0.39, 0.29) is 35.6 Å². The van der Waals surface area contributed by atoms with Crippen molar-refractivity contribution in [2.24, 2.45) is 0 Å². The number of halogens is 3. The van der Waals surface area contributed by atoms with E-state index in [4.69, 9.17) is 34.3 Å². The molecule has 15 heteroatoms. The molecule has 0 aliphatic carbocycles. The number of Topliss-reactive ketones (excluding diaryl/α,β-unsaturated/α-hetero) is 1. The van der Waals surface area contributed by atoms with E-state index in [0.29, 0.717) is 74.0 Å². The fourth-order valence-electron chi connectivity index (χ4n) is 4.45. The summed E-state index contributed by atoms with van der Waals surface area (Å²) in [6.07, 6.45) is -4.48. The number of aliphatic carboxylic acids is 1. The first-order chi connectivity index (χ1) is 22.0. The molecule has 0 aromatic heterocycles. The van der Waals surface area contributed by atoms with Gasteiger partial charge < -0.3 is 39.4 Å². The van der Waals surface area contributed by atoms with Crippen molar-refractivity contribution in [1.29, 1.82) is 5.41 Å². The second-order valence-electron chi connectivity index (χ2n) is 11.4. The summed E-state index contributed by atoms with van der Waals surface area (Å²) in [5.41, 5.74) is 2.30. The molecule has 0 saturated heterocycles. The van der Waals surface area contributed by atoms with Gasteiger partial charge in [0.2, 0.25) is 0 Å². The molecule has 0 unspecified atom stereocenters. The molecular weight excluding hydrogens is 627 g/mol. The normalized spacial score (nSPS) is 12.6. The van der Waals surface area contributed by atoms with Gasteiger partial charge in [0.05, 0.1) is 38.5 Å². The van der Waals surface area contributed by atoms with E-state index < -0.39 is 17.6 Å². The first-order valence-electron chi connectivity index (χ1n) is 14.7. The number of carbonyl (C=O) groups excluding carboxylic acids is 2. The number of amidine groups is 1. The van der Waals surface area contributed by atoms with Gasteiger partial charge in [-0.3, -0.25) is 15.0 Å². The molecular formula is C32H42F3N3O9. The number of fused-ring (bicyclic) bond motifs is 1. The van der Waals surface area contributed by atoms with Crippen LogP contribution in [0.1, 0.15) is 71.5 Å². The number of amides is 1. The number of alkyl halides is 3. The van der Waals surface area contributed by atoms with E-state index in [2.05, 4.69) is 5.32 Å². The minimum Gasteiger partial charge on any atom is -0.504 e. The molecule has 1 amide bonds. The van der Waals surface area contributed by atoms with Gasteiger partial charge in [-0.15, -0.1) is 0 Å². The first-order valence-corrected chi connectivity index (χ1v) is 14.7. The number of methoxy groups -OCH3 is 1. The third-order valence-electron chi connectivity index (χ3n) is 6.81. The minimum atomic E-state index is -5.08. The summed E-state index contributed by atoms with van der Waals surface area (Å²) in [5.74, 6) is -2.42. The third-order valence-corrected chi connectivity index (χ3v) is 6.81. The quantitative estimate of drug-likeness (QED) is 0.166. The van der Waals surface area contributed by atoms with Crippen LogP contribution in [0.25, 0.3) is 0 Å². The van der Waals surface area contributed by atoms with E-state index >= 15 is 0 Å². The second-order valence-corrected chi connectivity index (χ2v) is 11.4. The van der Waals surface area contributed by atoms with Gasteiger partial charge in [0.25, 0.3) is 5.91 Å². The minimum absolute atomic E-state index is 0.0101. The average molecular weight is 670 g/mol. The van der Waals surface area contributed by atoms with Crippen molar-refractivity contribution in [3.8, 4) is 17.2 Å². The highest BCUT2D eigenvalue weighted by Gasteiger charge is 2.38. The summed E-state index contributed by atoms with van der Waals surface area (Å²) in [7, 11) is 3.16. The van der Waals surface area contributed by atoms with E-state index in [9.17, 15) is 27.9 Å². The summed E-state index contributed by atoms with van der Waals surface area (Å²) < 4.78 is 53.7. The lowest BCUT2D eigenvalue weighted by atomic mass is 9.84. The maximum atomic E-state index is 13.5.